The summed E-state index contributed by atoms with van der Waals surface area (Å²) >= 11 is 0. The van der Waals surface area contributed by atoms with Gasteiger partial charge in [-0.15, -0.1) is 0 Å². The second-order valence-electron chi connectivity index (χ2n) is 4.64. The molecular formula is C16H17N3O2. The molecule has 5 nitrogen and oxygen atoms in total. The van der Waals surface area contributed by atoms with Crippen LogP contribution in [0.5, 0.6) is 0 Å². The molecule has 2 aromatic rings. The molecule has 0 unspecified atom stereocenters. The predicted molar refractivity (Wildman–Crippen MR) is 80.9 cm³/mol. The first-order chi connectivity index (χ1) is 10.1. The molecule has 0 fully saturated rings. The Hall–Kier alpha value is -2.69. The number of hydrogen-bond acceptors (Lipinski definition) is 3. The molecule has 0 aliphatic rings. The normalized spacial score (nSPS) is 10.1. The van der Waals surface area contributed by atoms with Gasteiger partial charge in [0.2, 0.25) is 5.91 Å². The van der Waals surface area contributed by atoms with E-state index in [9.17, 15) is 9.59 Å². The summed E-state index contributed by atoms with van der Waals surface area (Å²) in [5.74, 6) is -0.652. The molecule has 2 rings (SSSR count). The highest BCUT2D eigenvalue weighted by Crippen LogP contribution is 2.18. The van der Waals surface area contributed by atoms with Gasteiger partial charge in [-0.05, 0) is 29.7 Å². The number of aromatic nitrogens is 1. The Bertz CT molecular complexity index is 668. The smallest absolute Gasteiger partial charge is 0.256 e. The van der Waals surface area contributed by atoms with Gasteiger partial charge in [0, 0.05) is 23.6 Å². The number of carbonyl (C=O) groups excluding carboxylic acids is 2. The van der Waals surface area contributed by atoms with Gasteiger partial charge >= 0.3 is 0 Å². The number of nitrogens with zero attached hydrogens (tertiary/aromatic N) is 1. The van der Waals surface area contributed by atoms with E-state index in [1.807, 2.05) is 6.92 Å². The zero-order valence-corrected chi connectivity index (χ0v) is 11.8. The quantitative estimate of drug-likeness (QED) is 0.879. The summed E-state index contributed by atoms with van der Waals surface area (Å²) in [5, 5.41) is 2.83. The standard InChI is InChI=1S/C16H17N3O2/c1-2-11-10-18-8-7-13(11)16(21)19-14-6-4-3-5-12(14)9-15(17)20/h3-8,10H,2,9H2,1H3,(H2,17,20)(H,19,21). The lowest BCUT2D eigenvalue weighted by Gasteiger charge is -2.11. The molecule has 108 valence electrons. The van der Waals surface area contributed by atoms with E-state index in [4.69, 9.17) is 5.73 Å². The predicted octanol–water partition coefficient (Wildman–Crippen LogP) is 1.92. The molecule has 1 aromatic carbocycles. The Morgan fingerprint density at radius 1 is 1.19 bits per heavy atom. The fourth-order valence-corrected chi connectivity index (χ4v) is 2.10. The molecule has 0 spiro atoms. The van der Waals surface area contributed by atoms with Gasteiger partial charge in [-0.2, -0.15) is 0 Å². The number of aryl methyl sites for hydroxylation is 1. The summed E-state index contributed by atoms with van der Waals surface area (Å²) in [7, 11) is 0. The van der Waals surface area contributed by atoms with E-state index in [0.717, 1.165) is 12.0 Å². The number of pyridine rings is 1. The summed E-state index contributed by atoms with van der Waals surface area (Å²) < 4.78 is 0. The summed E-state index contributed by atoms with van der Waals surface area (Å²) in [5.41, 5.74) is 7.98. The zero-order chi connectivity index (χ0) is 15.2. The number of carbonyl (C=O) groups is 2. The molecule has 0 aliphatic carbocycles. The molecule has 3 N–H and O–H groups in total. The Morgan fingerprint density at radius 3 is 2.67 bits per heavy atom. The first-order valence-electron chi connectivity index (χ1n) is 6.72. The highest BCUT2D eigenvalue weighted by atomic mass is 16.2. The van der Waals surface area contributed by atoms with Crippen molar-refractivity contribution >= 4 is 17.5 Å². The molecule has 0 saturated carbocycles. The molecule has 1 aromatic heterocycles. The van der Waals surface area contributed by atoms with Crippen LogP contribution in [0.4, 0.5) is 5.69 Å². The molecule has 0 saturated heterocycles. The highest BCUT2D eigenvalue weighted by Gasteiger charge is 2.13. The average Bonchev–Trinajstić information content (AvgIpc) is 2.48. The number of primary amides is 1. The maximum atomic E-state index is 12.4. The minimum absolute atomic E-state index is 0.0907. The Morgan fingerprint density at radius 2 is 1.95 bits per heavy atom. The van der Waals surface area contributed by atoms with Crippen LogP contribution in [0.2, 0.25) is 0 Å². The Kier molecular flexibility index (Phi) is 4.66. The van der Waals surface area contributed by atoms with Gasteiger partial charge in [-0.3, -0.25) is 14.6 Å². The largest absolute Gasteiger partial charge is 0.369 e. The molecule has 0 atom stereocenters. The van der Waals surface area contributed by atoms with Crippen molar-refractivity contribution in [3.8, 4) is 0 Å². The van der Waals surface area contributed by atoms with Crippen molar-refractivity contribution in [2.24, 2.45) is 5.73 Å². The van der Waals surface area contributed by atoms with Gasteiger partial charge in [-0.25, -0.2) is 0 Å². The lowest BCUT2D eigenvalue weighted by atomic mass is 10.1. The van der Waals surface area contributed by atoms with E-state index in [1.54, 1.807) is 42.7 Å². The third kappa shape index (κ3) is 3.66. The first kappa shape index (κ1) is 14.7. The number of benzene rings is 1. The van der Waals surface area contributed by atoms with Gasteiger partial charge in [0.1, 0.15) is 0 Å². The third-order valence-electron chi connectivity index (χ3n) is 3.16. The van der Waals surface area contributed by atoms with Crippen molar-refractivity contribution in [2.45, 2.75) is 19.8 Å². The van der Waals surface area contributed by atoms with E-state index in [2.05, 4.69) is 10.3 Å². The van der Waals surface area contributed by atoms with Crippen LogP contribution >= 0.6 is 0 Å². The summed E-state index contributed by atoms with van der Waals surface area (Å²) in [6.45, 7) is 1.97. The van der Waals surface area contributed by atoms with Gasteiger partial charge in [-0.1, -0.05) is 25.1 Å². The number of hydrogen-bond donors (Lipinski definition) is 2. The third-order valence-corrected chi connectivity index (χ3v) is 3.16. The molecule has 0 radical (unpaired) electrons. The molecular weight excluding hydrogens is 266 g/mol. The van der Waals surface area contributed by atoms with E-state index in [0.29, 0.717) is 16.8 Å². The second kappa shape index (κ2) is 6.65. The number of rotatable bonds is 5. The maximum Gasteiger partial charge on any atom is 0.256 e. The topological polar surface area (TPSA) is 85.1 Å². The number of nitrogens with one attached hydrogen (secondary N) is 1. The van der Waals surface area contributed by atoms with Crippen LogP contribution in [0.1, 0.15) is 28.4 Å². The Labute approximate surface area is 123 Å². The van der Waals surface area contributed by atoms with Gasteiger partial charge in [0.05, 0.1) is 6.42 Å². The van der Waals surface area contributed by atoms with E-state index in [1.165, 1.54) is 0 Å². The van der Waals surface area contributed by atoms with Crippen molar-refractivity contribution in [2.75, 3.05) is 5.32 Å². The van der Waals surface area contributed by atoms with Crippen LogP contribution in [-0.4, -0.2) is 16.8 Å². The van der Waals surface area contributed by atoms with Crippen molar-refractivity contribution in [1.82, 2.24) is 4.98 Å². The van der Waals surface area contributed by atoms with Crippen molar-refractivity contribution in [3.63, 3.8) is 0 Å². The second-order valence-corrected chi connectivity index (χ2v) is 4.64. The minimum Gasteiger partial charge on any atom is -0.369 e. The Balaban J connectivity index is 2.26. The molecule has 0 aliphatic heterocycles. The highest BCUT2D eigenvalue weighted by molar-refractivity contribution is 6.05. The van der Waals surface area contributed by atoms with Crippen molar-refractivity contribution in [3.05, 3.63) is 59.4 Å². The lowest BCUT2D eigenvalue weighted by Crippen LogP contribution is -2.18. The van der Waals surface area contributed by atoms with Crippen molar-refractivity contribution < 1.29 is 9.59 Å². The van der Waals surface area contributed by atoms with E-state index < -0.39 is 5.91 Å². The monoisotopic (exact) mass is 283 g/mol. The van der Waals surface area contributed by atoms with Gasteiger partial charge in [0.15, 0.2) is 0 Å². The number of para-hydroxylation sites is 1. The van der Waals surface area contributed by atoms with Gasteiger partial charge in [0.25, 0.3) is 5.91 Å². The summed E-state index contributed by atoms with van der Waals surface area (Å²) in [4.78, 5) is 27.5. The van der Waals surface area contributed by atoms with Crippen LogP contribution in [0.15, 0.2) is 42.7 Å². The molecule has 1 heterocycles. The van der Waals surface area contributed by atoms with Crippen LogP contribution in [-0.2, 0) is 17.6 Å². The molecule has 5 heteroatoms. The summed E-state index contributed by atoms with van der Waals surface area (Å²) in [6, 6.07) is 8.81. The fourth-order valence-electron chi connectivity index (χ4n) is 2.10. The number of anilines is 1. The number of amides is 2. The average molecular weight is 283 g/mol. The van der Waals surface area contributed by atoms with Crippen LogP contribution in [0.25, 0.3) is 0 Å². The lowest BCUT2D eigenvalue weighted by molar-refractivity contribution is -0.117. The number of nitrogens with two attached hydrogens (primary N) is 1. The zero-order valence-electron chi connectivity index (χ0n) is 11.8. The van der Waals surface area contributed by atoms with E-state index >= 15 is 0 Å². The molecule has 0 bridgehead atoms. The molecule has 21 heavy (non-hydrogen) atoms. The van der Waals surface area contributed by atoms with Crippen LogP contribution < -0.4 is 11.1 Å². The van der Waals surface area contributed by atoms with E-state index in [-0.39, 0.29) is 12.3 Å². The van der Waals surface area contributed by atoms with Crippen LogP contribution in [0.3, 0.4) is 0 Å². The minimum atomic E-state index is -0.435. The van der Waals surface area contributed by atoms with Crippen molar-refractivity contribution in [1.29, 1.82) is 0 Å². The van der Waals surface area contributed by atoms with Gasteiger partial charge < -0.3 is 11.1 Å². The maximum absolute atomic E-state index is 12.4. The fraction of sp³-hybridized carbons (Fsp3) is 0.188. The molecule has 2 amide bonds. The SMILES string of the molecule is CCc1cnccc1C(=O)Nc1ccccc1CC(N)=O. The van der Waals surface area contributed by atoms with Crippen LogP contribution in [0, 0.1) is 0 Å². The summed E-state index contributed by atoms with van der Waals surface area (Å²) in [6.07, 6.45) is 4.08. The first-order valence-corrected chi connectivity index (χ1v) is 6.72.